The fourth-order valence-electron chi connectivity index (χ4n) is 1.51. The lowest BCUT2D eigenvalue weighted by Gasteiger charge is -2.25. The largest absolute Gasteiger partial charge is 0.480 e. The van der Waals surface area contributed by atoms with Crippen LogP contribution in [0.5, 0.6) is 0 Å². The summed E-state index contributed by atoms with van der Waals surface area (Å²) in [5.41, 5.74) is -2.25. The molecular weight excluding hydrogens is 251 g/mol. The smallest absolute Gasteiger partial charge is 0.419 e. The molecule has 0 radical (unpaired) electrons. The van der Waals surface area contributed by atoms with Crippen molar-refractivity contribution in [2.24, 2.45) is 0 Å². The Balaban J connectivity index is 2.89. The van der Waals surface area contributed by atoms with E-state index in [9.17, 15) is 18.0 Å². The van der Waals surface area contributed by atoms with Crippen molar-refractivity contribution in [2.45, 2.75) is 32.1 Å². The minimum absolute atomic E-state index is 0.188. The number of aromatic nitrogens is 2. The summed E-state index contributed by atoms with van der Waals surface area (Å²) in [6.07, 6.45) is -3.01. The molecule has 1 heterocycles. The van der Waals surface area contributed by atoms with Gasteiger partial charge in [-0.3, -0.25) is 9.48 Å². The molecule has 0 fully saturated rings. The van der Waals surface area contributed by atoms with E-state index in [4.69, 9.17) is 5.11 Å². The highest BCUT2D eigenvalue weighted by molar-refractivity contribution is 5.78. The average molecular weight is 265 g/mol. The maximum Gasteiger partial charge on any atom is 0.419 e. The van der Waals surface area contributed by atoms with Crippen molar-refractivity contribution >= 4 is 5.97 Å². The Kier molecular flexibility index (Phi) is 4.00. The third-order valence-corrected chi connectivity index (χ3v) is 2.48. The number of nitrogens with one attached hydrogen (secondary N) is 1. The van der Waals surface area contributed by atoms with Crippen LogP contribution in [-0.4, -0.2) is 32.9 Å². The number of nitrogens with zero attached hydrogens (tertiary/aromatic N) is 2. The van der Waals surface area contributed by atoms with Gasteiger partial charge in [0, 0.05) is 6.20 Å². The molecule has 0 saturated heterocycles. The lowest BCUT2D eigenvalue weighted by Crippen LogP contribution is -2.52. The van der Waals surface area contributed by atoms with Crippen LogP contribution in [0, 0.1) is 0 Å². The third-order valence-electron chi connectivity index (χ3n) is 2.48. The van der Waals surface area contributed by atoms with E-state index in [0.717, 1.165) is 10.9 Å². The fraction of sp³-hybridized carbons (Fsp3) is 0.600. The maximum absolute atomic E-state index is 12.4. The van der Waals surface area contributed by atoms with E-state index in [1.807, 2.05) is 0 Å². The van der Waals surface area contributed by atoms with Crippen molar-refractivity contribution in [3.8, 4) is 0 Å². The molecule has 1 unspecified atom stereocenters. The average Bonchev–Trinajstić information content (AvgIpc) is 2.65. The molecule has 1 rings (SSSR count). The van der Waals surface area contributed by atoms with Gasteiger partial charge in [0.25, 0.3) is 0 Å². The SMILES string of the molecule is CCNC(C)(Cn1cc(C(F)(F)F)cn1)C(=O)O. The topological polar surface area (TPSA) is 67.2 Å². The minimum Gasteiger partial charge on any atom is -0.480 e. The van der Waals surface area contributed by atoms with Crippen LogP contribution in [0.1, 0.15) is 19.4 Å². The zero-order valence-electron chi connectivity index (χ0n) is 9.95. The molecule has 0 saturated carbocycles. The van der Waals surface area contributed by atoms with Gasteiger partial charge >= 0.3 is 12.1 Å². The standard InChI is InChI=1S/C10H14F3N3O2/c1-3-14-9(2,8(17)18)6-16-5-7(4-15-16)10(11,12)13/h4-5,14H,3,6H2,1-2H3,(H,17,18). The first-order valence-electron chi connectivity index (χ1n) is 5.27. The summed E-state index contributed by atoms with van der Waals surface area (Å²) < 4.78 is 38.0. The van der Waals surface area contributed by atoms with E-state index >= 15 is 0 Å². The van der Waals surface area contributed by atoms with Gasteiger partial charge in [0.1, 0.15) is 5.54 Å². The maximum atomic E-state index is 12.4. The van der Waals surface area contributed by atoms with Gasteiger partial charge in [0.2, 0.25) is 0 Å². The van der Waals surface area contributed by atoms with Crippen molar-refractivity contribution in [1.82, 2.24) is 15.1 Å². The van der Waals surface area contributed by atoms with Crippen LogP contribution in [0.2, 0.25) is 0 Å². The molecule has 18 heavy (non-hydrogen) atoms. The Bertz CT molecular complexity index is 430. The molecule has 5 nitrogen and oxygen atoms in total. The third kappa shape index (κ3) is 3.22. The summed E-state index contributed by atoms with van der Waals surface area (Å²) in [6, 6.07) is 0. The molecule has 2 N–H and O–H groups in total. The number of alkyl halides is 3. The second-order valence-corrected chi connectivity index (χ2v) is 4.09. The summed E-state index contributed by atoms with van der Waals surface area (Å²) in [5.74, 6) is -1.14. The first-order valence-corrected chi connectivity index (χ1v) is 5.27. The van der Waals surface area contributed by atoms with Crippen LogP contribution in [-0.2, 0) is 17.5 Å². The van der Waals surface area contributed by atoms with Crippen molar-refractivity contribution < 1.29 is 23.1 Å². The highest BCUT2D eigenvalue weighted by Crippen LogP contribution is 2.28. The van der Waals surface area contributed by atoms with Gasteiger partial charge < -0.3 is 10.4 Å². The molecule has 1 atom stereocenters. The molecule has 0 aliphatic rings. The zero-order chi connectivity index (χ0) is 14.0. The fourth-order valence-corrected chi connectivity index (χ4v) is 1.51. The van der Waals surface area contributed by atoms with Gasteiger partial charge in [0.05, 0.1) is 18.3 Å². The van der Waals surface area contributed by atoms with E-state index in [0.29, 0.717) is 12.7 Å². The number of hydrogen-bond acceptors (Lipinski definition) is 3. The van der Waals surface area contributed by atoms with Crippen molar-refractivity contribution in [3.63, 3.8) is 0 Å². The summed E-state index contributed by atoms with van der Waals surface area (Å²) in [6.45, 7) is 3.31. The Morgan fingerprint density at radius 2 is 2.17 bits per heavy atom. The molecule has 0 bridgehead atoms. The van der Waals surface area contributed by atoms with Crippen molar-refractivity contribution in [1.29, 1.82) is 0 Å². The van der Waals surface area contributed by atoms with Gasteiger partial charge in [-0.05, 0) is 13.5 Å². The Labute approximate surface area is 102 Å². The molecule has 102 valence electrons. The van der Waals surface area contributed by atoms with Gasteiger partial charge in [-0.1, -0.05) is 6.92 Å². The molecule has 0 aromatic carbocycles. The van der Waals surface area contributed by atoms with Gasteiger partial charge in [-0.2, -0.15) is 18.3 Å². The van der Waals surface area contributed by atoms with Crippen LogP contribution < -0.4 is 5.32 Å². The number of halogens is 3. The van der Waals surface area contributed by atoms with Crippen LogP contribution in [0.3, 0.4) is 0 Å². The predicted molar refractivity (Wildman–Crippen MR) is 56.9 cm³/mol. The van der Waals surface area contributed by atoms with Crippen molar-refractivity contribution in [3.05, 3.63) is 18.0 Å². The zero-order valence-corrected chi connectivity index (χ0v) is 9.95. The molecule has 0 amide bonds. The number of rotatable bonds is 5. The van der Waals surface area contributed by atoms with E-state index < -0.39 is 23.2 Å². The van der Waals surface area contributed by atoms with Gasteiger partial charge in [0.15, 0.2) is 0 Å². The summed E-state index contributed by atoms with van der Waals surface area (Å²) in [4.78, 5) is 11.1. The second-order valence-electron chi connectivity index (χ2n) is 4.09. The highest BCUT2D eigenvalue weighted by atomic mass is 19.4. The van der Waals surface area contributed by atoms with E-state index in [-0.39, 0.29) is 6.54 Å². The Morgan fingerprint density at radius 3 is 2.56 bits per heavy atom. The summed E-state index contributed by atoms with van der Waals surface area (Å²) in [7, 11) is 0. The van der Waals surface area contributed by atoms with Gasteiger partial charge in [-0.15, -0.1) is 0 Å². The van der Waals surface area contributed by atoms with Crippen molar-refractivity contribution in [2.75, 3.05) is 6.54 Å². The van der Waals surface area contributed by atoms with E-state index in [2.05, 4.69) is 10.4 Å². The van der Waals surface area contributed by atoms with Crippen LogP contribution in [0.15, 0.2) is 12.4 Å². The lowest BCUT2D eigenvalue weighted by molar-refractivity contribution is -0.144. The van der Waals surface area contributed by atoms with E-state index in [1.54, 1.807) is 6.92 Å². The molecule has 0 spiro atoms. The van der Waals surface area contributed by atoms with E-state index in [1.165, 1.54) is 6.92 Å². The van der Waals surface area contributed by atoms with Gasteiger partial charge in [-0.25, -0.2) is 0 Å². The van der Waals surface area contributed by atoms with Crippen LogP contribution in [0.25, 0.3) is 0 Å². The second kappa shape index (κ2) is 4.97. The lowest BCUT2D eigenvalue weighted by atomic mass is 10.0. The molecular formula is C10H14F3N3O2. The molecule has 8 heteroatoms. The number of carboxylic acids is 1. The number of hydrogen-bond donors (Lipinski definition) is 2. The Hall–Kier alpha value is -1.57. The normalized spacial score (nSPS) is 15.4. The van der Waals surface area contributed by atoms with Crippen LogP contribution in [0.4, 0.5) is 13.2 Å². The molecule has 0 aliphatic heterocycles. The minimum atomic E-state index is -4.48. The highest BCUT2D eigenvalue weighted by Gasteiger charge is 2.35. The molecule has 0 aliphatic carbocycles. The summed E-state index contributed by atoms with van der Waals surface area (Å²) >= 11 is 0. The predicted octanol–water partition coefficient (Wildman–Crippen LogP) is 1.35. The monoisotopic (exact) mass is 265 g/mol. The molecule has 1 aromatic heterocycles. The first-order chi connectivity index (χ1) is 8.19. The first kappa shape index (κ1) is 14.5. The summed E-state index contributed by atoms with van der Waals surface area (Å²) in [5, 5.41) is 15.3. The number of aliphatic carboxylic acids is 1. The van der Waals surface area contributed by atoms with Crippen LogP contribution >= 0.6 is 0 Å². The number of carbonyl (C=O) groups is 1. The quantitative estimate of drug-likeness (QED) is 0.843. The molecule has 1 aromatic rings. The number of carboxylic acid groups (broad SMARTS) is 1. The number of likely N-dealkylation sites (N-methyl/N-ethyl adjacent to an activating group) is 1. The Morgan fingerprint density at radius 1 is 1.56 bits per heavy atom.